The van der Waals surface area contributed by atoms with E-state index in [4.69, 9.17) is 4.42 Å². The topological polar surface area (TPSA) is 16.4 Å². The van der Waals surface area contributed by atoms with Crippen LogP contribution in [0.1, 0.15) is 62.1 Å². The van der Waals surface area contributed by atoms with Crippen molar-refractivity contribution in [3.8, 4) is 44.5 Å². The minimum atomic E-state index is -0.550. The predicted octanol–water partition coefficient (Wildman–Crippen LogP) is 18.5. The maximum Gasteiger partial charge on any atom is 0.134 e. The molecule has 15 rings (SSSR count). The molecule has 0 atom stereocenters. The van der Waals surface area contributed by atoms with Gasteiger partial charge in [0.25, 0.3) is 0 Å². The van der Waals surface area contributed by atoms with Crippen molar-refractivity contribution in [3.63, 3.8) is 0 Å². The molecule has 75 heavy (non-hydrogen) atoms. The molecule has 1 aromatic heterocycles. The number of furan rings is 1. The first-order valence-corrected chi connectivity index (χ1v) is 26.4. The van der Waals surface area contributed by atoms with Crippen LogP contribution in [0.3, 0.4) is 0 Å². The fraction of sp³-hybridized carbons (Fsp3) is 0.0685. The van der Waals surface area contributed by atoms with Crippen molar-refractivity contribution < 1.29 is 4.42 Å². The summed E-state index contributed by atoms with van der Waals surface area (Å²) in [6.45, 7) is 0. The van der Waals surface area contributed by atoms with Crippen LogP contribution in [0, 0.1) is 0 Å². The lowest BCUT2D eigenvalue weighted by Gasteiger charge is -2.36. The molecule has 2 nitrogen and oxygen atoms in total. The normalized spacial score (nSPS) is 14.2. The van der Waals surface area contributed by atoms with E-state index in [1.54, 1.807) is 6.26 Å². The molecule has 1 heterocycles. The maximum atomic E-state index is 5.86. The van der Waals surface area contributed by atoms with E-state index in [1.807, 2.05) is 6.07 Å². The quantitative estimate of drug-likeness (QED) is 0.143. The van der Waals surface area contributed by atoms with E-state index in [2.05, 4.69) is 266 Å². The van der Waals surface area contributed by atoms with Gasteiger partial charge in [-0.2, -0.15) is 0 Å². The lowest BCUT2D eigenvalue weighted by molar-refractivity contribution is 0.616. The Morgan fingerprint density at radius 2 is 0.707 bits per heavy atom. The van der Waals surface area contributed by atoms with Crippen LogP contribution in [0.15, 0.2) is 278 Å². The van der Waals surface area contributed by atoms with Crippen LogP contribution in [0.2, 0.25) is 0 Å². The number of anilines is 3. The van der Waals surface area contributed by atoms with Gasteiger partial charge >= 0.3 is 0 Å². The van der Waals surface area contributed by atoms with E-state index in [1.165, 1.54) is 100 Å². The van der Waals surface area contributed by atoms with Crippen molar-refractivity contribution in [2.24, 2.45) is 0 Å². The van der Waals surface area contributed by atoms with Crippen molar-refractivity contribution in [3.05, 3.63) is 329 Å². The summed E-state index contributed by atoms with van der Waals surface area (Å²) in [5.74, 6) is 0. The Balaban J connectivity index is 0.946. The van der Waals surface area contributed by atoms with Crippen LogP contribution >= 0.6 is 0 Å². The molecule has 0 fully saturated rings. The van der Waals surface area contributed by atoms with Gasteiger partial charge in [0, 0.05) is 22.4 Å². The highest BCUT2D eigenvalue weighted by molar-refractivity contribution is 5.93. The van der Waals surface area contributed by atoms with Gasteiger partial charge in [-0.05, 0) is 168 Å². The first kappa shape index (κ1) is 43.4. The molecule has 12 aromatic rings. The smallest absolute Gasteiger partial charge is 0.134 e. The second kappa shape index (κ2) is 17.2. The fourth-order valence-corrected chi connectivity index (χ4v) is 13.7. The van der Waals surface area contributed by atoms with Gasteiger partial charge < -0.3 is 9.32 Å². The Hall–Kier alpha value is -9.24. The largest absolute Gasteiger partial charge is 0.464 e. The molecule has 11 aromatic carbocycles. The maximum absolute atomic E-state index is 5.86. The fourth-order valence-electron chi connectivity index (χ4n) is 13.7. The van der Waals surface area contributed by atoms with E-state index in [9.17, 15) is 0 Å². The third kappa shape index (κ3) is 6.46. The van der Waals surface area contributed by atoms with Crippen LogP contribution in [0.4, 0.5) is 17.1 Å². The Labute approximate surface area is 438 Å². The van der Waals surface area contributed by atoms with Gasteiger partial charge in [0.05, 0.1) is 17.1 Å². The number of hydrogen-bond donors (Lipinski definition) is 0. The molecule has 0 N–H and O–H groups in total. The Morgan fingerprint density at radius 3 is 1.20 bits per heavy atom. The van der Waals surface area contributed by atoms with E-state index in [0.717, 1.165) is 47.3 Å². The molecule has 0 unspecified atom stereocenters. The average molecular weight is 958 g/mol. The summed E-state index contributed by atoms with van der Waals surface area (Å²) >= 11 is 0. The van der Waals surface area contributed by atoms with Crippen molar-refractivity contribution in [2.75, 3.05) is 4.90 Å². The third-order valence-corrected chi connectivity index (χ3v) is 16.9. The highest BCUT2D eigenvalue weighted by Crippen LogP contribution is 2.60. The summed E-state index contributed by atoms with van der Waals surface area (Å²) in [7, 11) is 0. The van der Waals surface area contributed by atoms with Crippen LogP contribution in [-0.2, 0) is 23.7 Å². The number of hydrogen-bond acceptors (Lipinski definition) is 2. The van der Waals surface area contributed by atoms with Gasteiger partial charge in [-0.15, -0.1) is 0 Å². The third-order valence-electron chi connectivity index (χ3n) is 16.9. The van der Waals surface area contributed by atoms with Gasteiger partial charge in [-0.3, -0.25) is 0 Å². The van der Waals surface area contributed by atoms with E-state index in [-0.39, 0.29) is 0 Å². The molecule has 0 aliphatic heterocycles. The molecule has 0 saturated heterocycles. The van der Waals surface area contributed by atoms with Crippen molar-refractivity contribution in [2.45, 2.75) is 30.1 Å². The van der Waals surface area contributed by atoms with Crippen molar-refractivity contribution in [1.82, 2.24) is 0 Å². The number of fused-ring (bicyclic) bond motifs is 8. The molecule has 3 aliphatic carbocycles. The van der Waals surface area contributed by atoms with Gasteiger partial charge in [0.1, 0.15) is 5.58 Å². The summed E-state index contributed by atoms with van der Waals surface area (Å²) < 4.78 is 5.86. The van der Waals surface area contributed by atoms with Crippen LogP contribution in [0.5, 0.6) is 0 Å². The predicted molar refractivity (Wildman–Crippen MR) is 308 cm³/mol. The second-order valence-corrected chi connectivity index (χ2v) is 20.5. The van der Waals surface area contributed by atoms with Gasteiger partial charge in [0.2, 0.25) is 0 Å². The number of nitrogens with zero attached hydrogens (tertiary/aromatic N) is 1. The number of rotatable bonds is 9. The zero-order valence-electron chi connectivity index (χ0n) is 41.5. The molecule has 3 aliphatic rings. The molecule has 0 bridgehead atoms. The van der Waals surface area contributed by atoms with Gasteiger partial charge in [-0.1, -0.05) is 218 Å². The summed E-state index contributed by atoms with van der Waals surface area (Å²) in [4.78, 5) is 2.51. The van der Waals surface area contributed by atoms with Crippen molar-refractivity contribution >= 4 is 28.0 Å². The molecule has 0 amide bonds. The Kier molecular flexibility index (Phi) is 9.94. The molecular weight excluding hydrogens is 907 g/mol. The first-order valence-electron chi connectivity index (χ1n) is 26.4. The summed E-state index contributed by atoms with van der Waals surface area (Å²) in [6, 6.07) is 99.9. The van der Waals surface area contributed by atoms with Crippen LogP contribution < -0.4 is 4.90 Å². The Morgan fingerprint density at radius 1 is 0.307 bits per heavy atom. The Bertz CT molecular complexity index is 3870. The van der Waals surface area contributed by atoms with E-state index >= 15 is 0 Å². The second-order valence-electron chi connectivity index (χ2n) is 20.5. The highest BCUT2D eigenvalue weighted by Gasteiger charge is 2.48. The summed E-state index contributed by atoms with van der Waals surface area (Å²) in [5, 5.41) is 1.13. The standard InChI is InChI=1S/C73H51NO/c1-5-18-52(19-6-1)72(53-20-7-2-8-21-53)67-30-15-13-26-63(67)65-40-38-57(47-69(65)72)74(56-36-34-49(35-37-56)59-42-43-60(62-29-17-28-61(59)62)51-33-32-50-44-45-75-71(50)46-51)58-39-41-66-64-27-14-16-31-68(64)73(70(66)48-58,54-22-9-3-10-23-54)55-24-11-4-12-25-55/h1-16,18-27,30-48H,17,28-29H2. The lowest BCUT2D eigenvalue weighted by Crippen LogP contribution is -2.29. The summed E-state index contributed by atoms with van der Waals surface area (Å²) in [6.07, 6.45) is 5.08. The highest BCUT2D eigenvalue weighted by atomic mass is 16.3. The average Bonchev–Trinajstić information content (AvgIpc) is 4.29. The zero-order valence-corrected chi connectivity index (χ0v) is 41.5. The number of benzene rings is 11. The van der Waals surface area contributed by atoms with E-state index in [0.29, 0.717) is 0 Å². The van der Waals surface area contributed by atoms with Gasteiger partial charge in [-0.25, -0.2) is 0 Å². The molecule has 0 spiro atoms. The minimum absolute atomic E-state index is 0.550. The summed E-state index contributed by atoms with van der Waals surface area (Å²) in [5.41, 5.74) is 26.4. The lowest BCUT2D eigenvalue weighted by atomic mass is 9.67. The molecule has 0 saturated carbocycles. The van der Waals surface area contributed by atoms with Crippen LogP contribution in [0.25, 0.3) is 55.5 Å². The molecule has 0 radical (unpaired) electrons. The van der Waals surface area contributed by atoms with Gasteiger partial charge in [0.15, 0.2) is 0 Å². The molecule has 354 valence electrons. The minimum Gasteiger partial charge on any atom is -0.464 e. The molecular formula is C73H51NO. The van der Waals surface area contributed by atoms with Crippen LogP contribution in [-0.4, -0.2) is 0 Å². The monoisotopic (exact) mass is 957 g/mol. The SMILES string of the molecule is c1ccc(C2(c3ccccc3)c3ccccc3-c3ccc(N(c4ccc(-c5ccc(-c6ccc7ccoc7c6)c6c5CCC6)cc4)c4ccc5c(c4)C(c4ccccc4)(c4ccccc4)c4ccccc4-5)cc32)cc1. The molecule has 2 heteroatoms. The van der Waals surface area contributed by atoms with Crippen molar-refractivity contribution in [1.29, 1.82) is 0 Å². The first-order chi connectivity index (χ1) is 37.2. The van der Waals surface area contributed by atoms with E-state index < -0.39 is 10.8 Å². The zero-order chi connectivity index (χ0) is 49.5.